The number of aromatic hydroxyl groups is 2. The molecule has 1 aliphatic heterocycles. The minimum absolute atomic E-state index is 0.0480. The number of hydrogen-bond acceptors (Lipinski definition) is 4. The van der Waals surface area contributed by atoms with Gasteiger partial charge in [-0.05, 0) is 37.9 Å². The Morgan fingerprint density at radius 2 is 2.20 bits per heavy atom. The lowest BCUT2D eigenvalue weighted by atomic mass is 10.0. The summed E-state index contributed by atoms with van der Waals surface area (Å²) >= 11 is 0. The van der Waals surface area contributed by atoms with Crippen LogP contribution in [0.4, 0.5) is 0 Å². The van der Waals surface area contributed by atoms with E-state index in [4.69, 9.17) is 0 Å². The predicted molar refractivity (Wildman–Crippen MR) is 77.0 cm³/mol. The number of phenols is 2. The SMILES string of the molecule is CN(CCC1CCCCN1)C(=O)c1ccc(O)cc1O. The number of piperidine rings is 1. The molecule has 2 rings (SSSR count). The first-order valence-electron chi connectivity index (χ1n) is 7.09. The van der Waals surface area contributed by atoms with Gasteiger partial charge in [0.1, 0.15) is 11.5 Å². The van der Waals surface area contributed by atoms with Crippen molar-refractivity contribution in [3.63, 3.8) is 0 Å². The van der Waals surface area contributed by atoms with Crippen molar-refractivity contribution in [3.05, 3.63) is 23.8 Å². The Morgan fingerprint density at radius 3 is 2.85 bits per heavy atom. The van der Waals surface area contributed by atoms with Gasteiger partial charge in [0.05, 0.1) is 5.56 Å². The Kier molecular flexibility index (Phi) is 4.84. The van der Waals surface area contributed by atoms with Crippen LogP contribution in [0.1, 0.15) is 36.0 Å². The number of hydrogen-bond donors (Lipinski definition) is 3. The third-order valence-corrected chi connectivity index (χ3v) is 3.78. The highest BCUT2D eigenvalue weighted by molar-refractivity contribution is 5.96. The molecule has 1 aromatic rings. The molecular formula is C15H22N2O3. The van der Waals surface area contributed by atoms with Crippen molar-refractivity contribution < 1.29 is 15.0 Å². The van der Waals surface area contributed by atoms with Crippen LogP contribution >= 0.6 is 0 Å². The summed E-state index contributed by atoms with van der Waals surface area (Å²) in [5, 5.41) is 22.4. The summed E-state index contributed by atoms with van der Waals surface area (Å²) in [4.78, 5) is 13.8. The lowest BCUT2D eigenvalue weighted by Gasteiger charge is -2.26. The van der Waals surface area contributed by atoms with Crippen LogP contribution in [0.5, 0.6) is 11.5 Å². The lowest BCUT2D eigenvalue weighted by molar-refractivity contribution is 0.0785. The van der Waals surface area contributed by atoms with Gasteiger partial charge in [0.15, 0.2) is 0 Å². The number of rotatable bonds is 4. The first-order valence-corrected chi connectivity index (χ1v) is 7.09. The summed E-state index contributed by atoms with van der Waals surface area (Å²) in [5.74, 6) is -0.455. The molecule has 1 unspecified atom stereocenters. The fourth-order valence-corrected chi connectivity index (χ4v) is 2.53. The zero-order chi connectivity index (χ0) is 14.5. The number of carbonyl (C=O) groups is 1. The predicted octanol–water partition coefficient (Wildman–Crippen LogP) is 1.70. The molecule has 1 amide bonds. The quantitative estimate of drug-likeness (QED) is 0.784. The van der Waals surface area contributed by atoms with Crippen LogP contribution in [0.3, 0.4) is 0 Å². The van der Waals surface area contributed by atoms with Crippen molar-refractivity contribution in [2.75, 3.05) is 20.1 Å². The van der Waals surface area contributed by atoms with Gasteiger partial charge in [0.25, 0.3) is 5.91 Å². The summed E-state index contributed by atoms with van der Waals surface area (Å²) in [7, 11) is 1.73. The van der Waals surface area contributed by atoms with E-state index in [2.05, 4.69) is 5.32 Å². The molecule has 20 heavy (non-hydrogen) atoms. The van der Waals surface area contributed by atoms with E-state index in [1.54, 1.807) is 11.9 Å². The maximum absolute atomic E-state index is 12.2. The average Bonchev–Trinajstić information content (AvgIpc) is 2.45. The number of nitrogens with one attached hydrogen (secondary N) is 1. The molecule has 0 saturated carbocycles. The molecule has 0 spiro atoms. The molecule has 0 aliphatic carbocycles. The maximum Gasteiger partial charge on any atom is 0.257 e. The molecule has 1 atom stereocenters. The number of carbonyl (C=O) groups excluding carboxylic acids is 1. The molecule has 1 fully saturated rings. The Morgan fingerprint density at radius 1 is 1.40 bits per heavy atom. The maximum atomic E-state index is 12.2. The average molecular weight is 278 g/mol. The van der Waals surface area contributed by atoms with Gasteiger partial charge >= 0.3 is 0 Å². The Hall–Kier alpha value is -1.75. The van der Waals surface area contributed by atoms with Crippen LogP contribution in [-0.4, -0.2) is 47.2 Å². The Bertz CT molecular complexity index is 470. The van der Waals surface area contributed by atoms with Crippen LogP contribution in [0, 0.1) is 0 Å². The first-order chi connectivity index (χ1) is 9.58. The summed E-state index contributed by atoms with van der Waals surface area (Å²) in [6, 6.07) is 4.52. The fraction of sp³-hybridized carbons (Fsp3) is 0.533. The summed E-state index contributed by atoms with van der Waals surface area (Å²) < 4.78 is 0. The molecule has 1 heterocycles. The van der Waals surface area contributed by atoms with E-state index in [1.165, 1.54) is 31.0 Å². The van der Waals surface area contributed by atoms with E-state index >= 15 is 0 Å². The van der Waals surface area contributed by atoms with E-state index in [9.17, 15) is 15.0 Å². The van der Waals surface area contributed by atoms with Gasteiger partial charge in [-0.15, -0.1) is 0 Å². The van der Waals surface area contributed by atoms with Crippen molar-refractivity contribution in [1.82, 2.24) is 10.2 Å². The lowest BCUT2D eigenvalue weighted by Crippen LogP contribution is -2.38. The fourth-order valence-electron chi connectivity index (χ4n) is 2.53. The van der Waals surface area contributed by atoms with Gasteiger partial charge in [-0.1, -0.05) is 6.42 Å². The molecule has 1 aromatic carbocycles. The van der Waals surface area contributed by atoms with Crippen LogP contribution in [0.25, 0.3) is 0 Å². The number of amides is 1. The molecule has 5 heteroatoms. The molecule has 0 radical (unpaired) electrons. The van der Waals surface area contributed by atoms with E-state index in [1.807, 2.05) is 0 Å². The standard InChI is InChI=1S/C15H22N2O3/c1-17(9-7-11-4-2-3-8-16-11)15(20)13-6-5-12(18)10-14(13)19/h5-6,10-11,16,18-19H,2-4,7-9H2,1H3. The zero-order valence-electron chi connectivity index (χ0n) is 11.8. The highest BCUT2D eigenvalue weighted by atomic mass is 16.3. The van der Waals surface area contributed by atoms with Gasteiger partial charge < -0.3 is 20.4 Å². The van der Waals surface area contributed by atoms with Crippen molar-refractivity contribution in [2.24, 2.45) is 0 Å². The monoisotopic (exact) mass is 278 g/mol. The van der Waals surface area contributed by atoms with Crippen LogP contribution in [0.2, 0.25) is 0 Å². The summed E-state index contributed by atoms with van der Waals surface area (Å²) in [6.07, 6.45) is 4.55. The largest absolute Gasteiger partial charge is 0.508 e. The third kappa shape index (κ3) is 3.63. The molecule has 3 N–H and O–H groups in total. The molecule has 1 aliphatic rings. The van der Waals surface area contributed by atoms with Gasteiger partial charge in [-0.3, -0.25) is 4.79 Å². The third-order valence-electron chi connectivity index (χ3n) is 3.78. The smallest absolute Gasteiger partial charge is 0.257 e. The Labute approximate surface area is 119 Å². The molecule has 5 nitrogen and oxygen atoms in total. The van der Waals surface area contributed by atoms with Crippen LogP contribution < -0.4 is 5.32 Å². The second-order valence-corrected chi connectivity index (χ2v) is 5.36. The van der Waals surface area contributed by atoms with E-state index in [0.29, 0.717) is 12.6 Å². The number of phenolic OH excluding ortho intramolecular Hbond substituents is 2. The highest BCUT2D eigenvalue weighted by Crippen LogP contribution is 2.23. The highest BCUT2D eigenvalue weighted by Gasteiger charge is 2.18. The van der Waals surface area contributed by atoms with E-state index in [0.717, 1.165) is 19.4 Å². The summed E-state index contributed by atoms with van der Waals surface area (Å²) in [5.41, 5.74) is 0.224. The molecular weight excluding hydrogens is 256 g/mol. The van der Waals surface area contributed by atoms with E-state index < -0.39 is 0 Å². The van der Waals surface area contributed by atoms with E-state index in [-0.39, 0.29) is 23.0 Å². The number of benzene rings is 1. The second-order valence-electron chi connectivity index (χ2n) is 5.36. The van der Waals surface area contributed by atoms with Crippen molar-refractivity contribution in [1.29, 1.82) is 0 Å². The number of nitrogens with zero attached hydrogens (tertiary/aromatic N) is 1. The van der Waals surface area contributed by atoms with Crippen LogP contribution in [-0.2, 0) is 0 Å². The van der Waals surface area contributed by atoms with Gasteiger partial charge in [0.2, 0.25) is 0 Å². The van der Waals surface area contributed by atoms with Crippen molar-refractivity contribution in [3.8, 4) is 11.5 Å². The molecule has 0 bridgehead atoms. The summed E-state index contributed by atoms with van der Waals surface area (Å²) in [6.45, 7) is 1.71. The van der Waals surface area contributed by atoms with Gasteiger partial charge in [-0.25, -0.2) is 0 Å². The van der Waals surface area contributed by atoms with Gasteiger partial charge in [0, 0.05) is 25.7 Å². The molecule has 110 valence electrons. The second kappa shape index (κ2) is 6.61. The van der Waals surface area contributed by atoms with Crippen LogP contribution in [0.15, 0.2) is 18.2 Å². The first kappa shape index (κ1) is 14.7. The Balaban J connectivity index is 1.90. The molecule has 0 aromatic heterocycles. The minimum atomic E-state index is -0.224. The minimum Gasteiger partial charge on any atom is -0.508 e. The van der Waals surface area contributed by atoms with Crippen molar-refractivity contribution in [2.45, 2.75) is 31.7 Å². The van der Waals surface area contributed by atoms with Crippen molar-refractivity contribution >= 4 is 5.91 Å². The topological polar surface area (TPSA) is 72.8 Å². The van der Waals surface area contributed by atoms with Gasteiger partial charge in [-0.2, -0.15) is 0 Å². The molecule has 1 saturated heterocycles. The zero-order valence-corrected chi connectivity index (χ0v) is 11.8. The normalized spacial score (nSPS) is 18.8.